The van der Waals surface area contributed by atoms with E-state index in [0.717, 1.165) is 23.8 Å². The zero-order valence-electron chi connectivity index (χ0n) is 16.9. The van der Waals surface area contributed by atoms with Crippen LogP contribution in [-0.2, 0) is 11.9 Å². The molecule has 0 spiro atoms. The van der Waals surface area contributed by atoms with Crippen LogP contribution in [0.1, 0.15) is 16.7 Å². The summed E-state index contributed by atoms with van der Waals surface area (Å²) < 4.78 is 44.0. The van der Waals surface area contributed by atoms with Crippen LogP contribution in [0.3, 0.4) is 0 Å². The number of thioether (sulfide) groups is 1. The van der Waals surface area contributed by atoms with Crippen molar-refractivity contribution in [1.29, 1.82) is 0 Å². The minimum absolute atomic E-state index is 0.179. The average molecular weight is 474 g/mol. The summed E-state index contributed by atoms with van der Waals surface area (Å²) in [7, 11) is 0. The highest BCUT2D eigenvalue weighted by atomic mass is 32.2. The maximum atomic E-state index is 12.9. The quantitative estimate of drug-likeness (QED) is 0.196. The summed E-state index contributed by atoms with van der Waals surface area (Å²) in [6.07, 6.45) is -3.29. The van der Waals surface area contributed by atoms with Gasteiger partial charge in [-0.2, -0.15) is 18.3 Å². The SMILES string of the molecule is NC(=NN=Cc1ccc(Oc2cccc(C(F)(F)F)c2)c([N+](=O)[O-])c1)SCc1ccccc1. The molecule has 0 aromatic heterocycles. The van der Waals surface area contributed by atoms with Gasteiger partial charge in [0.15, 0.2) is 5.17 Å². The first-order valence-electron chi connectivity index (χ1n) is 9.39. The minimum Gasteiger partial charge on any atom is -0.450 e. The zero-order valence-corrected chi connectivity index (χ0v) is 17.7. The van der Waals surface area contributed by atoms with Gasteiger partial charge in [0, 0.05) is 17.4 Å². The predicted molar refractivity (Wildman–Crippen MR) is 122 cm³/mol. The molecule has 11 heteroatoms. The van der Waals surface area contributed by atoms with Gasteiger partial charge in [-0.25, -0.2) is 0 Å². The van der Waals surface area contributed by atoms with E-state index in [4.69, 9.17) is 10.5 Å². The summed E-state index contributed by atoms with van der Waals surface area (Å²) in [5, 5.41) is 19.3. The molecule has 0 fully saturated rings. The molecule has 3 aromatic carbocycles. The number of nitro groups is 1. The summed E-state index contributed by atoms with van der Waals surface area (Å²) in [4.78, 5) is 10.7. The highest BCUT2D eigenvalue weighted by Crippen LogP contribution is 2.35. The number of benzene rings is 3. The number of nitro benzene ring substituents is 1. The normalized spacial score (nSPS) is 12.2. The molecule has 0 radical (unpaired) electrons. The summed E-state index contributed by atoms with van der Waals surface area (Å²) in [6.45, 7) is 0. The van der Waals surface area contributed by atoms with E-state index in [-0.39, 0.29) is 16.7 Å². The van der Waals surface area contributed by atoms with E-state index in [2.05, 4.69) is 10.2 Å². The van der Waals surface area contributed by atoms with E-state index < -0.39 is 22.4 Å². The Morgan fingerprint density at radius 2 is 1.85 bits per heavy atom. The number of hydrogen-bond donors (Lipinski definition) is 1. The molecule has 170 valence electrons. The van der Waals surface area contributed by atoms with Crippen LogP contribution in [0.5, 0.6) is 11.5 Å². The fraction of sp³-hybridized carbons (Fsp3) is 0.0909. The van der Waals surface area contributed by atoms with E-state index in [1.807, 2.05) is 30.3 Å². The van der Waals surface area contributed by atoms with Gasteiger partial charge in [0.1, 0.15) is 5.75 Å². The molecule has 0 aliphatic carbocycles. The average Bonchev–Trinajstić information content (AvgIpc) is 2.79. The van der Waals surface area contributed by atoms with Gasteiger partial charge in [0.2, 0.25) is 5.75 Å². The lowest BCUT2D eigenvalue weighted by Crippen LogP contribution is -2.06. The van der Waals surface area contributed by atoms with Crippen molar-refractivity contribution in [2.75, 3.05) is 0 Å². The standard InChI is InChI=1S/C22H17F3N4O3S/c23-22(24,25)17-7-4-8-18(12-17)32-20-10-9-16(11-19(20)29(30)31)13-27-28-21(26)33-14-15-5-2-1-3-6-15/h1-13H,14H2,(H2,26,28). The van der Waals surface area contributed by atoms with E-state index in [0.29, 0.717) is 11.3 Å². The van der Waals surface area contributed by atoms with E-state index in [1.54, 1.807) is 0 Å². The number of amidine groups is 1. The van der Waals surface area contributed by atoms with Crippen LogP contribution >= 0.6 is 11.8 Å². The van der Waals surface area contributed by atoms with Gasteiger partial charge in [-0.1, -0.05) is 48.2 Å². The van der Waals surface area contributed by atoms with Crippen molar-refractivity contribution in [2.24, 2.45) is 15.9 Å². The van der Waals surface area contributed by atoms with E-state index >= 15 is 0 Å². The van der Waals surface area contributed by atoms with Gasteiger partial charge in [-0.3, -0.25) is 10.1 Å². The number of nitrogens with zero attached hydrogens (tertiary/aromatic N) is 3. The van der Waals surface area contributed by atoms with Crippen molar-refractivity contribution in [1.82, 2.24) is 0 Å². The Bertz CT molecular complexity index is 1190. The molecule has 33 heavy (non-hydrogen) atoms. The molecule has 0 saturated carbocycles. The highest BCUT2D eigenvalue weighted by Gasteiger charge is 2.30. The Labute approximate surface area is 190 Å². The Morgan fingerprint density at radius 3 is 2.55 bits per heavy atom. The van der Waals surface area contributed by atoms with E-state index in [9.17, 15) is 23.3 Å². The Morgan fingerprint density at radius 1 is 1.09 bits per heavy atom. The molecular weight excluding hydrogens is 457 g/mol. The number of hydrogen-bond acceptors (Lipinski definition) is 6. The molecule has 3 aromatic rings. The molecular formula is C22H17F3N4O3S. The van der Waals surface area contributed by atoms with Crippen molar-refractivity contribution >= 4 is 28.8 Å². The Balaban J connectivity index is 1.71. The van der Waals surface area contributed by atoms with Crippen molar-refractivity contribution in [3.63, 3.8) is 0 Å². The van der Waals surface area contributed by atoms with Crippen LogP contribution in [0.25, 0.3) is 0 Å². The zero-order chi connectivity index (χ0) is 23.8. The first-order valence-corrected chi connectivity index (χ1v) is 10.4. The van der Waals surface area contributed by atoms with Crippen LogP contribution in [0.4, 0.5) is 18.9 Å². The molecule has 0 atom stereocenters. The van der Waals surface area contributed by atoms with Gasteiger partial charge in [-0.05, 0) is 35.9 Å². The molecule has 2 N–H and O–H groups in total. The van der Waals surface area contributed by atoms with Crippen LogP contribution in [0.15, 0.2) is 83.0 Å². The Kier molecular flexibility index (Phi) is 7.67. The second-order valence-corrected chi connectivity index (χ2v) is 7.56. The predicted octanol–water partition coefficient (Wildman–Crippen LogP) is 5.99. The number of alkyl halides is 3. The van der Waals surface area contributed by atoms with Crippen LogP contribution in [-0.4, -0.2) is 16.3 Å². The molecule has 0 amide bonds. The van der Waals surface area contributed by atoms with Crippen molar-refractivity contribution in [3.05, 3.63) is 99.6 Å². The van der Waals surface area contributed by atoms with Crippen LogP contribution < -0.4 is 10.5 Å². The van der Waals surface area contributed by atoms with Crippen molar-refractivity contribution < 1.29 is 22.8 Å². The molecule has 0 aliphatic rings. The first-order chi connectivity index (χ1) is 15.7. The molecule has 0 saturated heterocycles. The fourth-order valence-electron chi connectivity index (χ4n) is 2.62. The highest BCUT2D eigenvalue weighted by molar-refractivity contribution is 8.13. The second kappa shape index (κ2) is 10.6. The molecule has 0 unspecified atom stereocenters. The lowest BCUT2D eigenvalue weighted by Gasteiger charge is -2.10. The minimum atomic E-state index is -4.56. The van der Waals surface area contributed by atoms with Gasteiger partial charge in [0.25, 0.3) is 0 Å². The molecule has 0 bridgehead atoms. The first kappa shape index (κ1) is 23.8. The maximum absolute atomic E-state index is 12.9. The third kappa shape index (κ3) is 7.07. The second-order valence-electron chi connectivity index (χ2n) is 6.57. The third-order valence-electron chi connectivity index (χ3n) is 4.16. The van der Waals surface area contributed by atoms with Crippen molar-refractivity contribution in [2.45, 2.75) is 11.9 Å². The third-order valence-corrected chi connectivity index (χ3v) is 5.02. The van der Waals surface area contributed by atoms with Crippen molar-refractivity contribution in [3.8, 4) is 11.5 Å². The maximum Gasteiger partial charge on any atom is 0.416 e. The summed E-state index contributed by atoms with van der Waals surface area (Å²) >= 11 is 1.28. The van der Waals surface area contributed by atoms with Gasteiger partial charge in [0.05, 0.1) is 16.7 Å². The summed E-state index contributed by atoms with van der Waals surface area (Å²) in [6, 6.07) is 17.6. The fourth-order valence-corrected chi connectivity index (χ4v) is 3.23. The summed E-state index contributed by atoms with van der Waals surface area (Å²) in [5.74, 6) is 0.221. The largest absolute Gasteiger partial charge is 0.450 e. The van der Waals surface area contributed by atoms with Gasteiger partial charge >= 0.3 is 11.9 Å². The van der Waals surface area contributed by atoms with Gasteiger partial charge in [-0.15, -0.1) is 5.10 Å². The lowest BCUT2D eigenvalue weighted by molar-refractivity contribution is -0.385. The summed E-state index contributed by atoms with van der Waals surface area (Å²) in [5.41, 5.74) is 5.85. The van der Waals surface area contributed by atoms with Crippen LogP contribution in [0.2, 0.25) is 0 Å². The number of halogens is 3. The lowest BCUT2D eigenvalue weighted by atomic mass is 10.2. The van der Waals surface area contributed by atoms with Gasteiger partial charge < -0.3 is 10.5 Å². The number of ether oxygens (including phenoxy) is 1. The molecule has 0 heterocycles. The molecule has 0 aliphatic heterocycles. The number of rotatable bonds is 7. The molecule has 3 rings (SSSR count). The number of nitrogens with two attached hydrogens (primary N) is 1. The topological polar surface area (TPSA) is 103 Å². The monoisotopic (exact) mass is 474 g/mol. The van der Waals surface area contributed by atoms with E-state index in [1.165, 1.54) is 42.2 Å². The Hall–Kier alpha value is -3.86. The smallest absolute Gasteiger partial charge is 0.416 e. The molecule has 7 nitrogen and oxygen atoms in total. The van der Waals surface area contributed by atoms with Crippen LogP contribution in [0, 0.1) is 10.1 Å².